The van der Waals surface area contributed by atoms with Crippen LogP contribution in [0.4, 0.5) is 10.1 Å². The number of aryl methyl sites for hydroxylation is 1. The molecule has 0 radical (unpaired) electrons. The van der Waals surface area contributed by atoms with E-state index in [1.165, 1.54) is 24.3 Å². The maximum atomic E-state index is 13.2. The van der Waals surface area contributed by atoms with E-state index in [2.05, 4.69) is 0 Å². The smallest absolute Gasteiger partial charge is 0.340 e. The van der Waals surface area contributed by atoms with E-state index in [-0.39, 0.29) is 30.5 Å². The van der Waals surface area contributed by atoms with Crippen molar-refractivity contribution in [2.24, 2.45) is 7.05 Å². The molecular weight excluding hydrogens is 389 g/mol. The average Bonchev–Trinajstić information content (AvgIpc) is 2.96. The van der Waals surface area contributed by atoms with Crippen LogP contribution in [0.3, 0.4) is 0 Å². The van der Waals surface area contributed by atoms with Crippen molar-refractivity contribution in [2.45, 2.75) is 20.1 Å². The molecule has 1 aromatic heterocycles. The molecule has 0 saturated heterocycles. The van der Waals surface area contributed by atoms with Crippen molar-refractivity contribution in [2.75, 3.05) is 26.4 Å². The number of nitrogens with zero attached hydrogens (tertiary/aromatic N) is 2. The summed E-state index contributed by atoms with van der Waals surface area (Å²) in [6, 6.07) is 7.27. The summed E-state index contributed by atoms with van der Waals surface area (Å²) in [6.07, 6.45) is 0. The van der Waals surface area contributed by atoms with Crippen molar-refractivity contribution < 1.29 is 23.8 Å². The number of benzene rings is 2. The third-order valence-corrected chi connectivity index (χ3v) is 4.86. The van der Waals surface area contributed by atoms with E-state index in [9.17, 15) is 14.3 Å². The molecular formula is C22H26FN3O4. The van der Waals surface area contributed by atoms with Crippen LogP contribution in [0.1, 0.15) is 28.5 Å². The average molecular weight is 415 g/mol. The molecule has 0 atom stereocenters. The summed E-state index contributed by atoms with van der Waals surface area (Å²) in [4.78, 5) is 14.8. The molecule has 3 aromatic rings. The third kappa shape index (κ3) is 4.04. The first-order valence-corrected chi connectivity index (χ1v) is 9.56. The van der Waals surface area contributed by atoms with Crippen LogP contribution in [0.25, 0.3) is 10.9 Å². The van der Waals surface area contributed by atoms with Crippen molar-refractivity contribution in [3.05, 3.63) is 53.0 Å². The van der Waals surface area contributed by atoms with E-state index in [0.29, 0.717) is 40.0 Å². The fraction of sp³-hybridized carbons (Fsp3) is 0.318. The standard InChI is InChI=1S/C22H26FN3O4/c1-5-29-22(28)20-18(12-30-14-8-6-13(23)7-9-14)26(4)17-10-16(24)21(27)15(19(17)20)11-25(2)3/h6-10,27H,5,11-12,24H2,1-4H3. The number of aromatic hydroxyl groups is 1. The molecule has 0 unspecified atom stereocenters. The fourth-order valence-corrected chi connectivity index (χ4v) is 3.48. The number of ether oxygens (including phenoxy) is 2. The van der Waals surface area contributed by atoms with Gasteiger partial charge in [-0.05, 0) is 51.4 Å². The number of hydrogen-bond donors (Lipinski definition) is 2. The molecule has 0 fully saturated rings. The van der Waals surface area contributed by atoms with Crippen LogP contribution in [0, 0.1) is 5.82 Å². The summed E-state index contributed by atoms with van der Waals surface area (Å²) in [7, 11) is 5.52. The third-order valence-electron chi connectivity index (χ3n) is 4.86. The van der Waals surface area contributed by atoms with E-state index in [0.717, 1.165) is 0 Å². The molecule has 0 amide bonds. The Morgan fingerprint density at radius 2 is 1.93 bits per heavy atom. The minimum absolute atomic E-state index is 0.0486. The number of esters is 1. The second kappa shape index (κ2) is 8.62. The lowest BCUT2D eigenvalue weighted by molar-refractivity contribution is 0.0525. The molecule has 3 N–H and O–H groups in total. The van der Waals surface area contributed by atoms with E-state index < -0.39 is 5.97 Å². The summed E-state index contributed by atoms with van der Waals surface area (Å²) < 4.78 is 26.1. The monoisotopic (exact) mass is 415 g/mol. The number of carbonyl (C=O) groups is 1. The highest BCUT2D eigenvalue weighted by atomic mass is 19.1. The predicted octanol–water partition coefficient (Wildman–Crippen LogP) is 3.42. The highest BCUT2D eigenvalue weighted by molar-refractivity contribution is 6.09. The van der Waals surface area contributed by atoms with Crippen molar-refractivity contribution in [3.63, 3.8) is 0 Å². The molecule has 0 bridgehead atoms. The molecule has 0 spiro atoms. The van der Waals surface area contributed by atoms with Gasteiger partial charge >= 0.3 is 5.97 Å². The highest BCUT2D eigenvalue weighted by Gasteiger charge is 2.27. The van der Waals surface area contributed by atoms with Crippen molar-refractivity contribution >= 4 is 22.6 Å². The topological polar surface area (TPSA) is 90.0 Å². The number of carbonyl (C=O) groups excluding carboxylic acids is 1. The van der Waals surface area contributed by atoms with Gasteiger partial charge in [0.05, 0.1) is 29.1 Å². The maximum absolute atomic E-state index is 13.2. The van der Waals surface area contributed by atoms with E-state index in [1.807, 2.05) is 19.0 Å². The normalized spacial score (nSPS) is 11.3. The Bertz CT molecular complexity index is 1070. The lowest BCUT2D eigenvalue weighted by atomic mass is 10.0. The minimum atomic E-state index is -0.509. The second-order valence-electron chi connectivity index (χ2n) is 7.27. The summed E-state index contributed by atoms with van der Waals surface area (Å²) in [5, 5.41) is 11.2. The lowest BCUT2D eigenvalue weighted by Gasteiger charge is -2.15. The fourth-order valence-electron chi connectivity index (χ4n) is 3.48. The van der Waals surface area contributed by atoms with Crippen LogP contribution in [-0.4, -0.2) is 41.2 Å². The quantitative estimate of drug-likeness (QED) is 0.349. The second-order valence-corrected chi connectivity index (χ2v) is 7.27. The largest absolute Gasteiger partial charge is 0.505 e. The minimum Gasteiger partial charge on any atom is -0.505 e. The van der Waals surface area contributed by atoms with Gasteiger partial charge in [0.25, 0.3) is 0 Å². The van der Waals surface area contributed by atoms with Gasteiger partial charge in [-0.2, -0.15) is 0 Å². The van der Waals surface area contributed by atoms with Crippen LogP contribution >= 0.6 is 0 Å². The number of nitrogen functional groups attached to an aromatic ring is 1. The number of aromatic nitrogens is 1. The van der Waals surface area contributed by atoms with Gasteiger partial charge in [0.15, 0.2) is 0 Å². The molecule has 30 heavy (non-hydrogen) atoms. The number of fused-ring (bicyclic) bond motifs is 1. The van der Waals surface area contributed by atoms with Crippen LogP contribution in [0.15, 0.2) is 30.3 Å². The first-order chi connectivity index (χ1) is 14.2. The molecule has 1 heterocycles. The molecule has 2 aromatic carbocycles. The van der Waals surface area contributed by atoms with Gasteiger partial charge in [0.2, 0.25) is 0 Å². The van der Waals surface area contributed by atoms with Crippen molar-refractivity contribution in [1.82, 2.24) is 9.47 Å². The molecule has 0 aliphatic heterocycles. The van der Waals surface area contributed by atoms with Gasteiger partial charge in [-0.3, -0.25) is 0 Å². The number of halogens is 1. The van der Waals surface area contributed by atoms with Gasteiger partial charge in [0, 0.05) is 24.5 Å². The van der Waals surface area contributed by atoms with E-state index in [4.69, 9.17) is 15.2 Å². The number of phenolic OH excluding ortho intramolecular Hbond substituents is 1. The van der Waals surface area contributed by atoms with E-state index in [1.54, 1.807) is 24.6 Å². The van der Waals surface area contributed by atoms with E-state index >= 15 is 0 Å². The Labute approximate surface area is 174 Å². The van der Waals surface area contributed by atoms with Gasteiger partial charge in [-0.1, -0.05) is 0 Å². The van der Waals surface area contributed by atoms with Gasteiger partial charge in [-0.25, -0.2) is 9.18 Å². The Balaban J connectivity index is 2.19. The van der Waals surface area contributed by atoms with Gasteiger partial charge in [-0.15, -0.1) is 0 Å². The number of nitrogens with two attached hydrogens (primary N) is 1. The Hall–Kier alpha value is -3.26. The zero-order valence-electron chi connectivity index (χ0n) is 17.5. The predicted molar refractivity (Wildman–Crippen MR) is 113 cm³/mol. The Kier molecular flexibility index (Phi) is 6.17. The number of hydrogen-bond acceptors (Lipinski definition) is 6. The van der Waals surface area contributed by atoms with Crippen LogP contribution in [-0.2, 0) is 24.9 Å². The SMILES string of the molecule is CCOC(=O)c1c(COc2ccc(F)cc2)n(C)c2cc(N)c(O)c(CN(C)C)c12. The zero-order chi connectivity index (χ0) is 22.0. The zero-order valence-corrected chi connectivity index (χ0v) is 17.5. The first kappa shape index (κ1) is 21.4. The molecule has 7 nitrogen and oxygen atoms in total. The Morgan fingerprint density at radius 3 is 2.53 bits per heavy atom. The molecule has 3 rings (SSSR count). The van der Waals surface area contributed by atoms with Crippen molar-refractivity contribution in [3.8, 4) is 11.5 Å². The van der Waals surface area contributed by atoms with Gasteiger partial charge in [0.1, 0.15) is 23.9 Å². The van der Waals surface area contributed by atoms with Crippen LogP contribution in [0.5, 0.6) is 11.5 Å². The number of phenols is 1. The van der Waals surface area contributed by atoms with Crippen LogP contribution in [0.2, 0.25) is 0 Å². The lowest BCUT2D eigenvalue weighted by Crippen LogP contribution is -2.14. The summed E-state index contributed by atoms with van der Waals surface area (Å²) >= 11 is 0. The summed E-state index contributed by atoms with van der Waals surface area (Å²) in [5.41, 5.74) is 8.38. The number of rotatable bonds is 7. The van der Waals surface area contributed by atoms with Gasteiger partial charge < -0.3 is 29.8 Å². The maximum Gasteiger partial charge on any atom is 0.340 e. The molecule has 160 valence electrons. The molecule has 0 aliphatic rings. The highest BCUT2D eigenvalue weighted by Crippen LogP contribution is 2.39. The molecule has 0 aliphatic carbocycles. The first-order valence-electron chi connectivity index (χ1n) is 9.56. The molecule has 8 heteroatoms. The van der Waals surface area contributed by atoms with Crippen LogP contribution < -0.4 is 10.5 Å². The van der Waals surface area contributed by atoms with Crippen molar-refractivity contribution in [1.29, 1.82) is 0 Å². The molecule has 0 saturated carbocycles. The number of anilines is 1. The summed E-state index contributed by atoms with van der Waals surface area (Å²) in [5.74, 6) is -0.464. The summed E-state index contributed by atoms with van der Waals surface area (Å²) in [6.45, 7) is 2.36. The Morgan fingerprint density at radius 1 is 1.27 bits per heavy atom.